The smallest absolute Gasteiger partial charge is 0.371 e. The van der Waals surface area contributed by atoms with Crippen LogP contribution in [0.3, 0.4) is 0 Å². The molecule has 1 N–H and O–H groups in total. The van der Waals surface area contributed by atoms with Gasteiger partial charge in [-0.25, -0.2) is 4.79 Å². The molecular weight excluding hydrogens is 544 g/mol. The number of amides is 1. The summed E-state index contributed by atoms with van der Waals surface area (Å²) in [6.07, 6.45) is 0. The molecule has 9 heteroatoms. The lowest BCUT2D eigenvalue weighted by Crippen LogP contribution is -2.47. The highest BCUT2D eigenvalue weighted by molar-refractivity contribution is 9.10. The zero-order valence-electron chi connectivity index (χ0n) is 17.2. The van der Waals surface area contributed by atoms with Gasteiger partial charge in [0, 0.05) is 45.9 Å². The van der Waals surface area contributed by atoms with Gasteiger partial charge in [-0.05, 0) is 55.6 Å². The van der Waals surface area contributed by atoms with Gasteiger partial charge in [0.2, 0.25) is 5.76 Å². The molecular formula is C23H20Br2N2O5. The molecule has 2 aromatic carbocycles. The summed E-state index contributed by atoms with van der Waals surface area (Å²) in [6, 6.07) is 14.4. The first-order chi connectivity index (χ1) is 15.3. The minimum absolute atomic E-state index is 0.0135. The van der Waals surface area contributed by atoms with Gasteiger partial charge in [0.15, 0.2) is 5.76 Å². The molecule has 1 aliphatic heterocycles. The third-order valence-corrected chi connectivity index (χ3v) is 6.16. The van der Waals surface area contributed by atoms with Crippen LogP contribution in [0.25, 0.3) is 21.9 Å². The summed E-state index contributed by atoms with van der Waals surface area (Å²) in [5, 5.41) is 10.4. The largest absolute Gasteiger partial charge is 0.475 e. The SMILES string of the molecule is CN1CCN(C(=O)c2cc3cc(Br)ccc3o2)CC1.O=C(O)c1cc2cc(Br)ccc2o1. The number of piperazine rings is 1. The van der Waals surface area contributed by atoms with Crippen molar-refractivity contribution in [2.45, 2.75) is 0 Å². The van der Waals surface area contributed by atoms with Gasteiger partial charge in [-0.15, -0.1) is 0 Å². The number of carboxylic acid groups (broad SMARTS) is 1. The number of carbonyl (C=O) groups is 2. The molecule has 32 heavy (non-hydrogen) atoms. The van der Waals surface area contributed by atoms with E-state index >= 15 is 0 Å². The van der Waals surface area contributed by atoms with Crippen LogP contribution in [0.1, 0.15) is 21.1 Å². The van der Waals surface area contributed by atoms with Gasteiger partial charge in [0.1, 0.15) is 11.2 Å². The molecule has 1 aliphatic rings. The first kappa shape index (κ1) is 22.6. The summed E-state index contributed by atoms with van der Waals surface area (Å²) in [5.41, 5.74) is 1.33. The Balaban J connectivity index is 0.000000165. The standard InChI is InChI=1S/C14H15BrN2O2.C9H5BrO3/c1-16-4-6-17(7-5-16)14(18)13-9-10-8-11(15)2-3-12(10)19-13;10-6-1-2-7-5(3-6)4-8(13-7)9(11)12/h2-3,8-9H,4-7H2,1H3;1-4H,(H,11,12). The second-order valence-corrected chi connectivity index (χ2v) is 9.32. The maximum absolute atomic E-state index is 12.4. The lowest BCUT2D eigenvalue weighted by molar-refractivity contribution is 0.0633. The van der Waals surface area contributed by atoms with Gasteiger partial charge < -0.3 is 23.7 Å². The third-order valence-electron chi connectivity index (χ3n) is 5.17. The maximum atomic E-state index is 12.4. The Kier molecular flexibility index (Phi) is 6.68. The zero-order valence-corrected chi connectivity index (χ0v) is 20.3. The molecule has 0 atom stereocenters. The summed E-state index contributed by atoms with van der Waals surface area (Å²) in [4.78, 5) is 27.0. The molecule has 0 spiro atoms. The number of nitrogens with zero attached hydrogens (tertiary/aromatic N) is 2. The van der Waals surface area contributed by atoms with E-state index in [9.17, 15) is 9.59 Å². The van der Waals surface area contributed by atoms with Gasteiger partial charge in [-0.2, -0.15) is 0 Å². The lowest BCUT2D eigenvalue weighted by Gasteiger charge is -2.31. The quantitative estimate of drug-likeness (QED) is 0.348. The van der Waals surface area contributed by atoms with Crippen LogP contribution < -0.4 is 0 Å². The number of likely N-dealkylation sites (N-methyl/N-ethyl adjacent to an activating group) is 1. The number of benzene rings is 2. The van der Waals surface area contributed by atoms with E-state index in [1.165, 1.54) is 6.07 Å². The van der Waals surface area contributed by atoms with Crippen molar-refractivity contribution in [2.24, 2.45) is 0 Å². The van der Waals surface area contributed by atoms with Gasteiger partial charge in [-0.1, -0.05) is 31.9 Å². The molecule has 0 aliphatic carbocycles. The van der Waals surface area contributed by atoms with Crippen LogP contribution >= 0.6 is 31.9 Å². The minimum Gasteiger partial charge on any atom is -0.475 e. The van der Waals surface area contributed by atoms with Crippen LogP contribution in [0.15, 0.2) is 66.3 Å². The zero-order chi connectivity index (χ0) is 22.8. The van der Waals surface area contributed by atoms with Crippen molar-refractivity contribution in [3.05, 3.63) is 69.0 Å². The Morgan fingerprint density at radius 1 is 0.812 bits per heavy atom. The van der Waals surface area contributed by atoms with Crippen LogP contribution in [-0.4, -0.2) is 60.0 Å². The van der Waals surface area contributed by atoms with Gasteiger partial charge in [0.25, 0.3) is 5.91 Å². The molecule has 166 valence electrons. The van der Waals surface area contributed by atoms with Gasteiger partial charge >= 0.3 is 5.97 Å². The highest BCUT2D eigenvalue weighted by Crippen LogP contribution is 2.25. The van der Waals surface area contributed by atoms with Crippen molar-refractivity contribution >= 4 is 65.7 Å². The van der Waals surface area contributed by atoms with E-state index in [-0.39, 0.29) is 11.7 Å². The van der Waals surface area contributed by atoms with Crippen LogP contribution in [0.4, 0.5) is 0 Å². The fourth-order valence-corrected chi connectivity index (χ4v) is 4.16. The van der Waals surface area contributed by atoms with Crippen molar-refractivity contribution in [3.8, 4) is 0 Å². The average molecular weight is 564 g/mol. The van der Waals surface area contributed by atoms with Crippen molar-refractivity contribution in [3.63, 3.8) is 0 Å². The molecule has 1 amide bonds. The molecule has 4 aromatic rings. The molecule has 3 heterocycles. The second-order valence-electron chi connectivity index (χ2n) is 7.49. The number of hydrogen-bond donors (Lipinski definition) is 1. The van der Waals surface area contributed by atoms with Crippen molar-refractivity contribution in [1.82, 2.24) is 9.80 Å². The highest BCUT2D eigenvalue weighted by Gasteiger charge is 2.23. The number of carboxylic acids is 1. The molecule has 0 saturated carbocycles. The normalized spacial score (nSPS) is 14.4. The molecule has 1 fully saturated rings. The number of carbonyl (C=O) groups excluding carboxylic acids is 1. The highest BCUT2D eigenvalue weighted by atomic mass is 79.9. The summed E-state index contributed by atoms with van der Waals surface area (Å²) in [6.45, 7) is 3.35. The van der Waals surface area contributed by atoms with Crippen molar-refractivity contribution in [2.75, 3.05) is 33.2 Å². The average Bonchev–Trinajstić information content (AvgIpc) is 3.37. The lowest BCUT2D eigenvalue weighted by atomic mass is 10.2. The Morgan fingerprint density at radius 3 is 1.84 bits per heavy atom. The van der Waals surface area contributed by atoms with E-state index in [0.29, 0.717) is 11.3 Å². The van der Waals surface area contributed by atoms with Crippen LogP contribution in [0.2, 0.25) is 0 Å². The van der Waals surface area contributed by atoms with Crippen LogP contribution in [-0.2, 0) is 0 Å². The topological polar surface area (TPSA) is 87.1 Å². The Labute approximate surface area is 200 Å². The Hall–Kier alpha value is -2.62. The Morgan fingerprint density at radius 2 is 1.31 bits per heavy atom. The fraction of sp³-hybridized carbons (Fsp3) is 0.217. The first-order valence-corrected chi connectivity index (χ1v) is 11.5. The Bertz CT molecular complexity index is 1290. The summed E-state index contributed by atoms with van der Waals surface area (Å²) < 4.78 is 12.6. The van der Waals surface area contributed by atoms with Crippen molar-refractivity contribution < 1.29 is 23.5 Å². The van der Waals surface area contributed by atoms with Gasteiger partial charge in [-0.3, -0.25) is 4.79 Å². The van der Waals surface area contributed by atoms with E-state index in [1.54, 1.807) is 12.1 Å². The van der Waals surface area contributed by atoms with E-state index in [0.717, 1.165) is 51.5 Å². The molecule has 0 radical (unpaired) electrons. The van der Waals surface area contributed by atoms with Crippen LogP contribution in [0.5, 0.6) is 0 Å². The fourth-order valence-electron chi connectivity index (χ4n) is 3.40. The van der Waals surface area contributed by atoms with Crippen molar-refractivity contribution in [1.29, 1.82) is 0 Å². The maximum Gasteiger partial charge on any atom is 0.371 e. The summed E-state index contributed by atoms with van der Waals surface area (Å²) in [5.74, 6) is -0.668. The molecule has 7 nitrogen and oxygen atoms in total. The molecule has 5 rings (SSSR count). The summed E-state index contributed by atoms with van der Waals surface area (Å²) in [7, 11) is 2.07. The third kappa shape index (κ3) is 5.06. The van der Waals surface area contributed by atoms with E-state index in [1.807, 2.05) is 35.2 Å². The van der Waals surface area contributed by atoms with E-state index < -0.39 is 5.97 Å². The second kappa shape index (κ2) is 9.48. The molecule has 0 bridgehead atoms. The molecule has 1 saturated heterocycles. The number of hydrogen-bond acceptors (Lipinski definition) is 5. The number of aromatic carboxylic acids is 1. The summed E-state index contributed by atoms with van der Waals surface area (Å²) >= 11 is 6.71. The van der Waals surface area contributed by atoms with Crippen LogP contribution in [0, 0.1) is 0 Å². The van der Waals surface area contributed by atoms with Gasteiger partial charge in [0.05, 0.1) is 0 Å². The number of halogens is 2. The number of rotatable bonds is 2. The first-order valence-electron chi connectivity index (χ1n) is 9.89. The monoisotopic (exact) mass is 562 g/mol. The number of furan rings is 2. The molecule has 0 unspecified atom stereocenters. The predicted octanol–water partition coefficient (Wildman–Crippen LogP) is 5.48. The molecule has 2 aromatic heterocycles. The van der Waals surface area contributed by atoms with E-state index in [2.05, 4.69) is 43.8 Å². The minimum atomic E-state index is -1.05. The number of fused-ring (bicyclic) bond motifs is 2. The van der Waals surface area contributed by atoms with E-state index in [4.69, 9.17) is 13.9 Å². The predicted molar refractivity (Wildman–Crippen MR) is 128 cm³/mol.